The van der Waals surface area contributed by atoms with Crippen molar-refractivity contribution in [1.29, 1.82) is 0 Å². The van der Waals surface area contributed by atoms with Crippen LogP contribution in [0.15, 0.2) is 48.5 Å². The monoisotopic (exact) mass is 387 g/mol. The van der Waals surface area contributed by atoms with Crippen molar-refractivity contribution < 1.29 is 22.6 Å². The first-order valence-electron chi connectivity index (χ1n) is 8.32. The fourth-order valence-corrected chi connectivity index (χ4v) is 2.72. The predicted octanol–water partition coefficient (Wildman–Crippen LogP) is 5.44. The lowest BCUT2D eigenvalue weighted by atomic mass is 10.1. The topological polar surface area (TPSA) is 30.5 Å². The van der Waals surface area contributed by atoms with E-state index in [9.17, 15) is 13.2 Å². The van der Waals surface area contributed by atoms with Gasteiger partial charge in [-0.05, 0) is 67.9 Å². The zero-order valence-electron chi connectivity index (χ0n) is 14.1. The fraction of sp³-hybridized carbons (Fsp3) is 0.368. The molecule has 1 fully saturated rings. The van der Waals surface area contributed by atoms with Crippen molar-refractivity contribution in [2.24, 2.45) is 0 Å². The second-order valence-electron chi connectivity index (χ2n) is 6.05. The number of hydrogen-bond donors (Lipinski definition) is 1. The molecule has 26 heavy (non-hydrogen) atoms. The van der Waals surface area contributed by atoms with Gasteiger partial charge in [0.05, 0.1) is 5.56 Å². The van der Waals surface area contributed by atoms with Gasteiger partial charge in [0.1, 0.15) is 23.9 Å². The first kappa shape index (κ1) is 20.4. The fourth-order valence-electron chi connectivity index (χ4n) is 2.72. The van der Waals surface area contributed by atoms with E-state index >= 15 is 0 Å². The molecule has 1 N–H and O–H groups in total. The van der Waals surface area contributed by atoms with Crippen LogP contribution in [0.5, 0.6) is 17.2 Å². The van der Waals surface area contributed by atoms with E-state index in [1.54, 1.807) is 24.3 Å². The predicted molar refractivity (Wildman–Crippen MR) is 96.3 cm³/mol. The molecule has 1 atom stereocenters. The summed E-state index contributed by atoms with van der Waals surface area (Å²) in [7, 11) is 0. The van der Waals surface area contributed by atoms with E-state index in [4.69, 9.17) is 9.47 Å². The van der Waals surface area contributed by atoms with E-state index in [1.807, 2.05) is 0 Å². The Labute approximate surface area is 156 Å². The van der Waals surface area contributed by atoms with Crippen LogP contribution in [0.4, 0.5) is 13.2 Å². The van der Waals surface area contributed by atoms with Crippen LogP contribution < -0.4 is 14.8 Å². The van der Waals surface area contributed by atoms with Crippen LogP contribution in [0.2, 0.25) is 0 Å². The average Bonchev–Trinajstić information content (AvgIpc) is 2.62. The molecule has 0 aliphatic carbocycles. The zero-order valence-corrected chi connectivity index (χ0v) is 14.9. The van der Waals surface area contributed by atoms with Crippen molar-refractivity contribution in [2.75, 3.05) is 13.2 Å². The molecule has 3 rings (SSSR count). The summed E-state index contributed by atoms with van der Waals surface area (Å²) in [5.41, 5.74) is -0.695. The Bertz CT molecular complexity index is 669. The molecule has 0 aromatic heterocycles. The van der Waals surface area contributed by atoms with Crippen LogP contribution in [0, 0.1) is 0 Å². The van der Waals surface area contributed by atoms with Crippen molar-refractivity contribution in [3.05, 3.63) is 54.1 Å². The molecule has 2 aromatic rings. The van der Waals surface area contributed by atoms with Gasteiger partial charge >= 0.3 is 6.18 Å². The molecule has 142 valence electrons. The molecule has 1 saturated heterocycles. The largest absolute Gasteiger partial charge is 0.492 e. The average molecular weight is 388 g/mol. The number of hydrogen-bond acceptors (Lipinski definition) is 3. The third kappa shape index (κ3) is 5.81. The number of alkyl halides is 3. The summed E-state index contributed by atoms with van der Waals surface area (Å²) < 4.78 is 48.9. The highest BCUT2D eigenvalue weighted by atomic mass is 35.5. The summed E-state index contributed by atoms with van der Waals surface area (Å²) >= 11 is 0. The smallest absolute Gasteiger partial charge is 0.416 e. The van der Waals surface area contributed by atoms with Crippen LogP contribution in [-0.4, -0.2) is 19.2 Å². The summed E-state index contributed by atoms with van der Waals surface area (Å²) in [5.74, 6) is 1.64. The Balaban J connectivity index is 0.00000243. The second kappa shape index (κ2) is 9.14. The first-order chi connectivity index (χ1) is 12.0. The first-order valence-corrected chi connectivity index (χ1v) is 8.32. The molecule has 0 radical (unpaired) electrons. The van der Waals surface area contributed by atoms with E-state index in [0.29, 0.717) is 24.1 Å². The lowest BCUT2D eigenvalue weighted by Gasteiger charge is -2.23. The molecule has 1 unspecified atom stereocenters. The minimum atomic E-state index is -4.34. The van der Waals surface area contributed by atoms with Crippen LogP contribution in [0.25, 0.3) is 0 Å². The third-order valence-electron chi connectivity index (χ3n) is 4.10. The van der Waals surface area contributed by atoms with Gasteiger partial charge in [-0.2, -0.15) is 13.2 Å². The van der Waals surface area contributed by atoms with Crippen molar-refractivity contribution >= 4 is 12.4 Å². The second-order valence-corrected chi connectivity index (χ2v) is 6.05. The highest BCUT2D eigenvalue weighted by Gasteiger charge is 2.30. The van der Waals surface area contributed by atoms with Gasteiger partial charge in [0.15, 0.2) is 0 Å². The minimum absolute atomic E-state index is 0. The number of piperidine rings is 1. The lowest BCUT2D eigenvalue weighted by molar-refractivity contribution is -0.137. The maximum atomic E-state index is 12.5. The van der Waals surface area contributed by atoms with E-state index in [-0.39, 0.29) is 12.4 Å². The summed E-state index contributed by atoms with van der Waals surface area (Å²) in [4.78, 5) is 0. The molecule has 0 saturated carbocycles. The molecule has 1 heterocycles. The van der Waals surface area contributed by atoms with Gasteiger partial charge in [0.2, 0.25) is 0 Å². The molecule has 7 heteroatoms. The molecule has 3 nitrogen and oxygen atoms in total. The minimum Gasteiger partial charge on any atom is -0.492 e. The Kier molecular flexibility index (Phi) is 7.17. The Hall–Kier alpha value is -1.92. The lowest BCUT2D eigenvalue weighted by Crippen LogP contribution is -2.38. The number of nitrogens with one attached hydrogen (secondary N) is 1. The van der Waals surface area contributed by atoms with Gasteiger partial charge in [-0.15, -0.1) is 12.4 Å². The normalized spacial score (nSPS) is 17.3. The number of rotatable bonds is 5. The van der Waals surface area contributed by atoms with Gasteiger partial charge in [-0.1, -0.05) is 6.42 Å². The van der Waals surface area contributed by atoms with Gasteiger partial charge in [-0.3, -0.25) is 0 Å². The Morgan fingerprint density at radius 1 is 0.885 bits per heavy atom. The summed E-state index contributed by atoms with van der Waals surface area (Å²) in [6.45, 7) is 1.66. The number of benzene rings is 2. The summed E-state index contributed by atoms with van der Waals surface area (Å²) in [6, 6.07) is 12.1. The van der Waals surface area contributed by atoms with Crippen LogP contribution in [-0.2, 0) is 6.18 Å². The molecule has 0 bridgehead atoms. The van der Waals surface area contributed by atoms with Crippen LogP contribution in [0.3, 0.4) is 0 Å². The quantitative estimate of drug-likeness (QED) is 0.741. The van der Waals surface area contributed by atoms with Gasteiger partial charge < -0.3 is 14.8 Å². The highest BCUT2D eigenvalue weighted by Crippen LogP contribution is 2.31. The molecule has 1 aliphatic heterocycles. The standard InChI is InChI=1S/C19H20F3NO2.ClH/c20-19(21,22)14-4-6-17(7-5-14)25-18-10-8-16(9-11-18)24-13-15-3-1-2-12-23-15;/h4-11,15,23H,1-3,12-13H2;1H. The van der Waals surface area contributed by atoms with E-state index < -0.39 is 11.7 Å². The number of halogens is 4. The van der Waals surface area contributed by atoms with E-state index in [2.05, 4.69) is 5.32 Å². The maximum absolute atomic E-state index is 12.5. The SMILES string of the molecule is Cl.FC(F)(F)c1ccc(Oc2ccc(OCC3CCCCN3)cc2)cc1. The van der Waals surface area contributed by atoms with E-state index in [0.717, 1.165) is 30.8 Å². The van der Waals surface area contributed by atoms with Crippen molar-refractivity contribution in [3.63, 3.8) is 0 Å². The van der Waals surface area contributed by atoms with Crippen LogP contribution in [0.1, 0.15) is 24.8 Å². The maximum Gasteiger partial charge on any atom is 0.416 e. The zero-order chi connectivity index (χ0) is 17.7. The van der Waals surface area contributed by atoms with Crippen molar-refractivity contribution in [1.82, 2.24) is 5.32 Å². The van der Waals surface area contributed by atoms with Gasteiger partial charge in [0, 0.05) is 6.04 Å². The third-order valence-corrected chi connectivity index (χ3v) is 4.10. The summed E-state index contributed by atoms with van der Waals surface area (Å²) in [5, 5.41) is 3.42. The molecule has 0 amide bonds. The molecule has 1 aliphatic rings. The molecule has 2 aromatic carbocycles. The Morgan fingerprint density at radius 2 is 1.46 bits per heavy atom. The molecular weight excluding hydrogens is 367 g/mol. The van der Waals surface area contributed by atoms with Crippen molar-refractivity contribution in [3.8, 4) is 17.2 Å². The highest BCUT2D eigenvalue weighted by molar-refractivity contribution is 5.85. The molecular formula is C19H21ClF3NO2. The van der Waals surface area contributed by atoms with Crippen LogP contribution >= 0.6 is 12.4 Å². The van der Waals surface area contributed by atoms with E-state index in [1.165, 1.54) is 25.0 Å². The van der Waals surface area contributed by atoms with Gasteiger partial charge in [-0.25, -0.2) is 0 Å². The Morgan fingerprint density at radius 3 is 2.00 bits per heavy atom. The molecule has 0 spiro atoms. The van der Waals surface area contributed by atoms with Crippen molar-refractivity contribution in [2.45, 2.75) is 31.5 Å². The van der Waals surface area contributed by atoms with Gasteiger partial charge in [0.25, 0.3) is 0 Å². The number of ether oxygens (including phenoxy) is 2. The summed E-state index contributed by atoms with van der Waals surface area (Å²) in [6.07, 6.45) is -0.784.